The summed E-state index contributed by atoms with van der Waals surface area (Å²) in [6.07, 6.45) is 0. The van der Waals surface area contributed by atoms with Crippen molar-refractivity contribution in [1.29, 1.82) is 0 Å². The number of ether oxygens (including phenoxy) is 1. The molecule has 1 unspecified atom stereocenters. The average Bonchev–Trinajstić information content (AvgIpc) is 2.81. The Morgan fingerprint density at radius 2 is 1.71 bits per heavy atom. The van der Waals surface area contributed by atoms with E-state index in [2.05, 4.69) is 15.0 Å². The highest BCUT2D eigenvalue weighted by atomic mass is 32.2. The molecule has 1 aromatic heterocycles. The van der Waals surface area contributed by atoms with Crippen molar-refractivity contribution in [3.8, 4) is 11.4 Å². The molecule has 6 nitrogen and oxygen atoms in total. The molecule has 1 heterocycles. The first-order valence-corrected chi connectivity index (χ1v) is 11.0. The first-order chi connectivity index (χ1) is 16.3. The second kappa shape index (κ2) is 10.0. The van der Waals surface area contributed by atoms with Crippen LogP contribution in [0.1, 0.15) is 6.92 Å². The smallest absolute Gasteiger partial charge is 0.387 e. The Morgan fingerprint density at radius 3 is 2.41 bits per heavy atom. The molecule has 1 atom stereocenters. The number of nitrogens with one attached hydrogen (secondary N) is 1. The first kappa shape index (κ1) is 23.4. The molecule has 0 saturated carbocycles. The minimum Gasteiger partial charge on any atom is -0.435 e. The SMILES string of the molecule is CC(Sc1nc2ccccc2c(=O)n1-c1ccccc1F)C(=O)Nc1ccc(OC(F)F)cc1. The predicted octanol–water partition coefficient (Wildman–Crippen LogP) is 5.25. The van der Waals surface area contributed by atoms with E-state index in [0.29, 0.717) is 16.6 Å². The van der Waals surface area contributed by atoms with E-state index in [1.807, 2.05) is 0 Å². The summed E-state index contributed by atoms with van der Waals surface area (Å²) >= 11 is 0.991. The lowest BCUT2D eigenvalue weighted by atomic mass is 10.2. The number of para-hydroxylation sites is 2. The molecule has 0 bridgehead atoms. The number of carbonyl (C=O) groups excluding carboxylic acids is 1. The number of hydrogen-bond acceptors (Lipinski definition) is 5. The van der Waals surface area contributed by atoms with Gasteiger partial charge in [-0.3, -0.25) is 14.2 Å². The van der Waals surface area contributed by atoms with Crippen LogP contribution in [0.15, 0.2) is 82.7 Å². The predicted molar refractivity (Wildman–Crippen MR) is 124 cm³/mol. The molecular formula is C24H18F3N3O3S. The summed E-state index contributed by atoms with van der Waals surface area (Å²) in [5, 5.41) is 2.41. The summed E-state index contributed by atoms with van der Waals surface area (Å²) in [4.78, 5) is 30.5. The van der Waals surface area contributed by atoms with Crippen LogP contribution in [0.2, 0.25) is 0 Å². The molecule has 10 heteroatoms. The van der Waals surface area contributed by atoms with Crippen molar-refractivity contribution in [2.75, 3.05) is 5.32 Å². The van der Waals surface area contributed by atoms with Crippen LogP contribution < -0.4 is 15.6 Å². The topological polar surface area (TPSA) is 73.2 Å². The third-order valence-electron chi connectivity index (χ3n) is 4.84. The number of rotatable bonds is 7. The number of aromatic nitrogens is 2. The third-order valence-corrected chi connectivity index (χ3v) is 5.89. The van der Waals surface area contributed by atoms with Gasteiger partial charge in [0, 0.05) is 5.69 Å². The highest BCUT2D eigenvalue weighted by Gasteiger charge is 2.21. The Labute approximate surface area is 196 Å². The van der Waals surface area contributed by atoms with Gasteiger partial charge < -0.3 is 10.1 Å². The standard InChI is InChI=1S/C24H18F3N3O3S/c1-14(21(31)28-15-10-12-16(13-11-15)33-23(26)27)34-24-29-19-8-4-2-6-17(19)22(32)30(24)20-9-5-3-7-18(20)25/h2-14,23H,1H3,(H,28,31). The van der Waals surface area contributed by atoms with Crippen LogP contribution in [0.4, 0.5) is 18.9 Å². The molecule has 174 valence electrons. The molecule has 3 aromatic carbocycles. The molecule has 34 heavy (non-hydrogen) atoms. The fraction of sp³-hybridized carbons (Fsp3) is 0.125. The zero-order chi connectivity index (χ0) is 24.2. The van der Waals surface area contributed by atoms with Crippen molar-refractivity contribution in [2.24, 2.45) is 0 Å². The summed E-state index contributed by atoms with van der Waals surface area (Å²) in [5.41, 5.74) is 0.359. The van der Waals surface area contributed by atoms with Gasteiger partial charge in [0.1, 0.15) is 11.6 Å². The number of nitrogens with zero attached hydrogens (tertiary/aromatic N) is 2. The quantitative estimate of drug-likeness (QED) is 0.286. The molecule has 4 aromatic rings. The number of fused-ring (bicyclic) bond motifs is 1. The van der Waals surface area contributed by atoms with Crippen molar-refractivity contribution in [2.45, 2.75) is 23.9 Å². The van der Waals surface area contributed by atoms with Crippen molar-refractivity contribution in [3.63, 3.8) is 0 Å². The molecule has 1 N–H and O–H groups in total. The van der Waals surface area contributed by atoms with Crippen LogP contribution in [0.25, 0.3) is 16.6 Å². The van der Waals surface area contributed by atoms with Gasteiger partial charge in [0.05, 0.1) is 21.8 Å². The molecule has 0 aliphatic heterocycles. The third kappa shape index (κ3) is 5.07. The number of benzene rings is 3. The minimum atomic E-state index is -2.95. The second-order valence-electron chi connectivity index (χ2n) is 7.16. The Kier molecular flexibility index (Phi) is 6.87. The highest BCUT2D eigenvalue weighted by Crippen LogP contribution is 2.27. The lowest BCUT2D eigenvalue weighted by Gasteiger charge is -2.17. The highest BCUT2D eigenvalue weighted by molar-refractivity contribution is 8.00. The molecule has 0 radical (unpaired) electrons. The number of amides is 1. The summed E-state index contributed by atoms with van der Waals surface area (Å²) in [7, 11) is 0. The molecule has 0 saturated heterocycles. The number of halogens is 3. The van der Waals surface area contributed by atoms with E-state index in [0.717, 1.165) is 16.3 Å². The average molecular weight is 485 g/mol. The second-order valence-corrected chi connectivity index (χ2v) is 8.46. The summed E-state index contributed by atoms with van der Waals surface area (Å²) in [5.74, 6) is -1.06. The Morgan fingerprint density at radius 1 is 1.03 bits per heavy atom. The van der Waals surface area contributed by atoms with Crippen molar-refractivity contribution >= 4 is 34.3 Å². The van der Waals surface area contributed by atoms with Gasteiger partial charge in [-0.2, -0.15) is 8.78 Å². The maximum absolute atomic E-state index is 14.6. The van der Waals surface area contributed by atoms with Crippen LogP contribution in [0.3, 0.4) is 0 Å². The lowest BCUT2D eigenvalue weighted by molar-refractivity contribution is -0.115. The van der Waals surface area contributed by atoms with Crippen LogP contribution in [-0.2, 0) is 4.79 Å². The van der Waals surface area contributed by atoms with Gasteiger partial charge in [-0.25, -0.2) is 9.37 Å². The molecule has 0 fully saturated rings. The lowest BCUT2D eigenvalue weighted by Crippen LogP contribution is -2.26. The van der Waals surface area contributed by atoms with E-state index < -0.39 is 29.1 Å². The van der Waals surface area contributed by atoms with Crippen LogP contribution in [-0.4, -0.2) is 27.3 Å². The summed E-state index contributed by atoms with van der Waals surface area (Å²) in [6.45, 7) is -1.33. The molecular weight excluding hydrogens is 467 g/mol. The van der Waals surface area contributed by atoms with Gasteiger partial charge in [-0.1, -0.05) is 36.0 Å². The number of carbonyl (C=O) groups is 1. The number of alkyl halides is 2. The van der Waals surface area contributed by atoms with Gasteiger partial charge in [-0.15, -0.1) is 0 Å². The van der Waals surface area contributed by atoms with Crippen molar-refractivity contribution in [1.82, 2.24) is 9.55 Å². The maximum Gasteiger partial charge on any atom is 0.387 e. The number of anilines is 1. The summed E-state index contributed by atoms with van der Waals surface area (Å²) in [6, 6.07) is 18.0. The van der Waals surface area contributed by atoms with E-state index in [4.69, 9.17) is 0 Å². The largest absolute Gasteiger partial charge is 0.435 e. The molecule has 1 amide bonds. The summed E-state index contributed by atoms with van der Waals surface area (Å²) < 4.78 is 44.6. The number of hydrogen-bond donors (Lipinski definition) is 1. The van der Waals surface area contributed by atoms with Gasteiger partial charge >= 0.3 is 6.61 Å². The minimum absolute atomic E-state index is 0.0236. The van der Waals surface area contributed by atoms with Crippen LogP contribution in [0, 0.1) is 5.82 Å². The maximum atomic E-state index is 14.6. The van der Waals surface area contributed by atoms with Crippen LogP contribution in [0.5, 0.6) is 5.75 Å². The van der Waals surface area contributed by atoms with E-state index in [1.165, 1.54) is 42.5 Å². The van der Waals surface area contributed by atoms with Crippen LogP contribution >= 0.6 is 11.8 Å². The Hall–Kier alpha value is -3.79. The Balaban J connectivity index is 1.63. The Bertz CT molecular complexity index is 1390. The van der Waals surface area contributed by atoms with E-state index >= 15 is 0 Å². The van der Waals surface area contributed by atoms with Gasteiger partial charge in [0.25, 0.3) is 5.56 Å². The van der Waals surface area contributed by atoms with Gasteiger partial charge in [0.2, 0.25) is 5.91 Å². The van der Waals surface area contributed by atoms with Crippen molar-refractivity contribution in [3.05, 3.63) is 89.0 Å². The zero-order valence-corrected chi connectivity index (χ0v) is 18.6. The molecule has 4 rings (SSSR count). The molecule has 0 aliphatic carbocycles. The number of thioether (sulfide) groups is 1. The molecule has 0 aliphatic rings. The van der Waals surface area contributed by atoms with Crippen molar-refractivity contribution < 1.29 is 22.7 Å². The van der Waals surface area contributed by atoms with Gasteiger partial charge in [-0.05, 0) is 55.5 Å². The normalized spacial score (nSPS) is 12.0. The first-order valence-electron chi connectivity index (χ1n) is 10.1. The molecule has 0 spiro atoms. The van der Waals surface area contributed by atoms with Gasteiger partial charge in [0.15, 0.2) is 5.16 Å². The van der Waals surface area contributed by atoms with E-state index in [9.17, 15) is 22.8 Å². The fourth-order valence-electron chi connectivity index (χ4n) is 3.21. The monoisotopic (exact) mass is 485 g/mol. The van der Waals surface area contributed by atoms with E-state index in [-0.39, 0.29) is 16.6 Å². The fourth-order valence-corrected chi connectivity index (χ4v) is 4.13. The van der Waals surface area contributed by atoms with E-state index in [1.54, 1.807) is 37.3 Å². The zero-order valence-electron chi connectivity index (χ0n) is 17.7.